The van der Waals surface area contributed by atoms with E-state index < -0.39 is 54.2 Å². The summed E-state index contributed by atoms with van der Waals surface area (Å²) in [5.74, 6) is -2.94. The molecule has 38 heavy (non-hydrogen) atoms. The maximum Gasteiger partial charge on any atom is 0.243 e. The summed E-state index contributed by atoms with van der Waals surface area (Å²) in [7, 11) is 1.42. The summed E-state index contributed by atoms with van der Waals surface area (Å²) in [5, 5.41) is 16.7. The van der Waals surface area contributed by atoms with E-state index in [0.29, 0.717) is 0 Å². The summed E-state index contributed by atoms with van der Waals surface area (Å²) >= 11 is 0. The molecule has 0 saturated heterocycles. The van der Waals surface area contributed by atoms with Crippen molar-refractivity contribution in [2.45, 2.75) is 37.9 Å². The first-order valence-electron chi connectivity index (χ1n) is 11.9. The highest BCUT2D eigenvalue weighted by atomic mass is 16.3. The number of nitrogens with two attached hydrogens (primary N) is 2. The quantitative estimate of drug-likeness (QED) is 0.184. The standard InChI is InChI=1S/C26H34N6O6/c1-16(31-25(37)20(27)12-18-8-10-19(33)11-9-18)24(36)30-15-23(35)32(2)21(26(38)29-14-22(28)34)13-17-6-4-3-5-7-17/h3-11,16,20-21,33H,12-15,27H2,1-2H3,(H2,28,34)(H,29,38)(H,30,36)(H,31,37)/t16-,20+,21+/m1/s1. The second-order valence-corrected chi connectivity index (χ2v) is 8.82. The molecule has 3 atom stereocenters. The molecule has 2 rings (SSSR count). The first kappa shape index (κ1) is 29.8. The van der Waals surface area contributed by atoms with Crippen LogP contribution in [0.25, 0.3) is 0 Å². The number of phenolic OH excluding ortho intramolecular Hbond substituents is 1. The van der Waals surface area contributed by atoms with Crippen molar-refractivity contribution in [2.75, 3.05) is 20.1 Å². The normalized spacial score (nSPS) is 12.9. The third-order valence-corrected chi connectivity index (χ3v) is 5.77. The lowest BCUT2D eigenvalue weighted by molar-refractivity contribution is -0.139. The van der Waals surface area contributed by atoms with Gasteiger partial charge in [0.15, 0.2) is 0 Å². The molecule has 0 bridgehead atoms. The van der Waals surface area contributed by atoms with Gasteiger partial charge in [0, 0.05) is 13.5 Å². The van der Waals surface area contributed by atoms with Gasteiger partial charge in [0.1, 0.15) is 17.8 Å². The van der Waals surface area contributed by atoms with Crippen molar-refractivity contribution in [1.29, 1.82) is 0 Å². The molecule has 2 aromatic carbocycles. The number of likely N-dealkylation sites (N-methyl/N-ethyl adjacent to an activating group) is 1. The van der Waals surface area contributed by atoms with Crippen LogP contribution in [-0.2, 0) is 36.8 Å². The Morgan fingerprint density at radius 1 is 0.842 bits per heavy atom. The summed E-state index contributed by atoms with van der Waals surface area (Å²) in [6, 6.07) is 12.4. The van der Waals surface area contributed by atoms with E-state index in [9.17, 15) is 29.1 Å². The van der Waals surface area contributed by atoms with Crippen LogP contribution >= 0.6 is 0 Å². The molecule has 0 aliphatic carbocycles. The van der Waals surface area contributed by atoms with E-state index in [4.69, 9.17) is 11.5 Å². The number of primary amides is 1. The highest BCUT2D eigenvalue weighted by Crippen LogP contribution is 2.11. The third kappa shape index (κ3) is 9.54. The molecule has 0 heterocycles. The van der Waals surface area contributed by atoms with Gasteiger partial charge in [-0.15, -0.1) is 0 Å². The SMILES string of the molecule is C[C@@H](NC(=O)[C@@H](N)Cc1ccc(O)cc1)C(=O)NCC(=O)N(C)[C@@H](Cc1ccccc1)C(=O)NCC(N)=O. The van der Waals surface area contributed by atoms with Gasteiger partial charge >= 0.3 is 0 Å². The first-order valence-corrected chi connectivity index (χ1v) is 11.9. The largest absolute Gasteiger partial charge is 0.508 e. The lowest BCUT2D eigenvalue weighted by Crippen LogP contribution is -2.54. The van der Waals surface area contributed by atoms with Gasteiger partial charge in [-0.05, 0) is 36.6 Å². The highest BCUT2D eigenvalue weighted by Gasteiger charge is 2.28. The van der Waals surface area contributed by atoms with E-state index in [1.54, 1.807) is 36.4 Å². The number of carbonyl (C=O) groups excluding carboxylic acids is 5. The molecule has 0 saturated carbocycles. The lowest BCUT2D eigenvalue weighted by Gasteiger charge is -2.28. The van der Waals surface area contributed by atoms with Gasteiger partial charge in [0.05, 0.1) is 19.1 Å². The number of amides is 5. The van der Waals surface area contributed by atoms with E-state index >= 15 is 0 Å². The molecular formula is C26H34N6O6. The van der Waals surface area contributed by atoms with Crippen molar-refractivity contribution >= 4 is 29.5 Å². The van der Waals surface area contributed by atoms with Crippen LogP contribution in [0.2, 0.25) is 0 Å². The molecule has 0 unspecified atom stereocenters. The van der Waals surface area contributed by atoms with Crippen LogP contribution in [0.1, 0.15) is 18.1 Å². The van der Waals surface area contributed by atoms with Crippen LogP contribution < -0.4 is 27.4 Å². The number of benzene rings is 2. The average Bonchev–Trinajstić information content (AvgIpc) is 2.90. The summed E-state index contributed by atoms with van der Waals surface area (Å²) in [6.07, 6.45) is 0.372. The van der Waals surface area contributed by atoms with Crippen molar-refractivity contribution < 1.29 is 29.1 Å². The van der Waals surface area contributed by atoms with E-state index in [-0.39, 0.29) is 25.1 Å². The van der Waals surface area contributed by atoms with Crippen molar-refractivity contribution in [3.8, 4) is 5.75 Å². The highest BCUT2D eigenvalue weighted by molar-refractivity contribution is 5.93. The fourth-order valence-corrected chi connectivity index (χ4v) is 3.51. The predicted octanol–water partition coefficient (Wildman–Crippen LogP) is -1.45. The number of rotatable bonds is 13. The summed E-state index contributed by atoms with van der Waals surface area (Å²) in [4.78, 5) is 62.7. The molecule has 2 aromatic rings. The van der Waals surface area contributed by atoms with Crippen LogP contribution in [0.3, 0.4) is 0 Å². The zero-order valence-electron chi connectivity index (χ0n) is 21.3. The summed E-state index contributed by atoms with van der Waals surface area (Å²) in [6.45, 7) is 0.642. The van der Waals surface area contributed by atoms with Crippen LogP contribution in [0.4, 0.5) is 0 Å². The molecular weight excluding hydrogens is 492 g/mol. The Labute approximate surface area is 220 Å². The molecule has 0 aromatic heterocycles. The molecule has 8 N–H and O–H groups in total. The van der Waals surface area contributed by atoms with Gasteiger partial charge in [-0.1, -0.05) is 42.5 Å². The summed E-state index contributed by atoms with van der Waals surface area (Å²) in [5.41, 5.74) is 12.6. The first-order chi connectivity index (χ1) is 18.0. The number of aromatic hydroxyl groups is 1. The molecule has 12 heteroatoms. The number of phenols is 1. The van der Waals surface area contributed by atoms with Crippen LogP contribution in [0, 0.1) is 0 Å². The minimum atomic E-state index is -0.981. The smallest absolute Gasteiger partial charge is 0.243 e. The molecule has 5 amide bonds. The molecule has 12 nitrogen and oxygen atoms in total. The van der Waals surface area contributed by atoms with Gasteiger partial charge in [-0.25, -0.2) is 0 Å². The van der Waals surface area contributed by atoms with Crippen molar-refractivity contribution in [3.63, 3.8) is 0 Å². The number of nitrogens with zero attached hydrogens (tertiary/aromatic N) is 1. The molecule has 0 aliphatic rings. The van der Waals surface area contributed by atoms with Crippen molar-refractivity contribution in [2.24, 2.45) is 11.5 Å². The zero-order valence-corrected chi connectivity index (χ0v) is 21.3. The second-order valence-electron chi connectivity index (χ2n) is 8.82. The Kier molecular flexibility index (Phi) is 11.2. The Bertz CT molecular complexity index is 1120. The average molecular weight is 527 g/mol. The van der Waals surface area contributed by atoms with Crippen molar-refractivity contribution in [3.05, 3.63) is 65.7 Å². The van der Waals surface area contributed by atoms with Gasteiger partial charge < -0.3 is 37.4 Å². The van der Waals surface area contributed by atoms with E-state index in [0.717, 1.165) is 11.1 Å². The molecule has 0 radical (unpaired) electrons. The van der Waals surface area contributed by atoms with Gasteiger partial charge in [0.2, 0.25) is 29.5 Å². The minimum absolute atomic E-state index is 0.0925. The third-order valence-electron chi connectivity index (χ3n) is 5.77. The summed E-state index contributed by atoms with van der Waals surface area (Å²) < 4.78 is 0. The second kappa shape index (κ2) is 14.3. The number of hydrogen-bond acceptors (Lipinski definition) is 7. The topological polar surface area (TPSA) is 197 Å². The van der Waals surface area contributed by atoms with E-state index in [1.165, 1.54) is 31.0 Å². The predicted molar refractivity (Wildman–Crippen MR) is 139 cm³/mol. The van der Waals surface area contributed by atoms with Gasteiger partial charge in [-0.2, -0.15) is 0 Å². The number of carbonyl (C=O) groups is 5. The van der Waals surface area contributed by atoms with Gasteiger partial charge in [-0.3, -0.25) is 24.0 Å². The maximum atomic E-state index is 12.8. The fourth-order valence-electron chi connectivity index (χ4n) is 3.51. The Hall–Kier alpha value is -4.45. The maximum absolute atomic E-state index is 12.8. The zero-order chi connectivity index (χ0) is 28.2. The molecule has 0 spiro atoms. The van der Waals surface area contributed by atoms with E-state index in [1.807, 2.05) is 6.07 Å². The molecule has 0 aliphatic heterocycles. The number of nitrogens with one attached hydrogen (secondary N) is 3. The minimum Gasteiger partial charge on any atom is -0.508 e. The molecule has 204 valence electrons. The fraction of sp³-hybridized carbons (Fsp3) is 0.346. The van der Waals surface area contributed by atoms with Crippen molar-refractivity contribution in [1.82, 2.24) is 20.9 Å². The monoisotopic (exact) mass is 526 g/mol. The van der Waals surface area contributed by atoms with Crippen LogP contribution in [-0.4, -0.2) is 77.8 Å². The van der Waals surface area contributed by atoms with Gasteiger partial charge in [0.25, 0.3) is 0 Å². The van der Waals surface area contributed by atoms with E-state index in [2.05, 4.69) is 16.0 Å². The van der Waals surface area contributed by atoms with Crippen LogP contribution in [0.15, 0.2) is 54.6 Å². The molecule has 0 fully saturated rings. The van der Waals surface area contributed by atoms with Crippen LogP contribution in [0.5, 0.6) is 5.75 Å². The Balaban J connectivity index is 1.92. The number of hydrogen-bond donors (Lipinski definition) is 6. The Morgan fingerprint density at radius 3 is 2.03 bits per heavy atom. The lowest BCUT2D eigenvalue weighted by atomic mass is 10.0. The Morgan fingerprint density at radius 2 is 1.42 bits per heavy atom.